The molecule has 0 aliphatic carbocycles. The first-order chi connectivity index (χ1) is 11.1. The molecule has 6 nitrogen and oxygen atoms in total. The third kappa shape index (κ3) is 3.67. The summed E-state index contributed by atoms with van der Waals surface area (Å²) in [5, 5.41) is 0. The smallest absolute Gasteiger partial charge is 0.330 e. The van der Waals surface area contributed by atoms with Crippen LogP contribution in [-0.2, 0) is 16.1 Å². The molecule has 23 heavy (non-hydrogen) atoms. The number of ether oxygens (including phenoxy) is 2. The lowest BCUT2D eigenvalue weighted by molar-refractivity contribution is -0.0343. The molecule has 1 aliphatic rings. The van der Waals surface area contributed by atoms with Crippen LogP contribution in [-0.4, -0.2) is 22.3 Å². The number of aromatic nitrogens is 2. The minimum absolute atomic E-state index is 0.220. The van der Waals surface area contributed by atoms with Gasteiger partial charge >= 0.3 is 5.69 Å². The Labute approximate surface area is 133 Å². The standard InChI is InChI=1S/C17H18N2O4/c1-12-9-19(17(21)18-16(12)20)15-8-7-14(23-15)11-22-10-13-5-3-2-4-6-13/h2-9,14-15H,10-11H2,1H3,(H,18,20,21)/t14-,15-/m0/s1. The number of H-pyrrole nitrogens is 1. The van der Waals surface area contributed by atoms with Crippen LogP contribution < -0.4 is 11.2 Å². The Kier molecular flexibility index (Phi) is 4.55. The SMILES string of the molecule is Cc1cn([C@@H]2C=C[C@@H](COCc3ccccc3)O2)c(=O)[nH]c1=O. The number of nitrogens with zero attached hydrogens (tertiary/aromatic N) is 1. The normalized spacial score (nSPS) is 20.0. The molecule has 0 spiro atoms. The van der Waals surface area contributed by atoms with Gasteiger partial charge in [0, 0.05) is 11.8 Å². The summed E-state index contributed by atoms with van der Waals surface area (Å²) in [6, 6.07) is 9.88. The van der Waals surface area contributed by atoms with E-state index in [1.807, 2.05) is 36.4 Å². The Bertz CT molecular complexity index is 807. The van der Waals surface area contributed by atoms with Crippen molar-refractivity contribution in [2.75, 3.05) is 6.61 Å². The van der Waals surface area contributed by atoms with Crippen LogP contribution in [0.1, 0.15) is 17.4 Å². The van der Waals surface area contributed by atoms with Crippen molar-refractivity contribution in [2.24, 2.45) is 0 Å². The fraction of sp³-hybridized carbons (Fsp3) is 0.294. The van der Waals surface area contributed by atoms with Gasteiger partial charge in [0.25, 0.3) is 5.56 Å². The average Bonchev–Trinajstić information content (AvgIpc) is 3.00. The highest BCUT2D eigenvalue weighted by molar-refractivity contribution is 5.13. The topological polar surface area (TPSA) is 73.3 Å². The van der Waals surface area contributed by atoms with Crippen molar-refractivity contribution in [3.63, 3.8) is 0 Å². The highest BCUT2D eigenvalue weighted by atomic mass is 16.5. The molecular weight excluding hydrogens is 296 g/mol. The van der Waals surface area contributed by atoms with E-state index in [4.69, 9.17) is 9.47 Å². The maximum Gasteiger partial charge on any atom is 0.330 e. The molecule has 2 atom stereocenters. The first kappa shape index (κ1) is 15.5. The van der Waals surface area contributed by atoms with Crippen LogP contribution in [0.2, 0.25) is 0 Å². The van der Waals surface area contributed by atoms with Gasteiger partial charge in [0.1, 0.15) is 6.10 Å². The molecule has 1 N–H and O–H groups in total. The molecule has 0 saturated heterocycles. The van der Waals surface area contributed by atoms with Crippen molar-refractivity contribution in [2.45, 2.75) is 25.9 Å². The summed E-state index contributed by atoms with van der Waals surface area (Å²) in [5.74, 6) is 0. The van der Waals surface area contributed by atoms with E-state index in [9.17, 15) is 9.59 Å². The molecule has 0 bridgehead atoms. The fourth-order valence-electron chi connectivity index (χ4n) is 2.38. The average molecular weight is 314 g/mol. The molecular formula is C17H18N2O4. The third-order valence-corrected chi connectivity index (χ3v) is 3.62. The quantitative estimate of drug-likeness (QED) is 0.849. The van der Waals surface area contributed by atoms with E-state index < -0.39 is 11.9 Å². The van der Waals surface area contributed by atoms with Crippen LogP contribution in [0.5, 0.6) is 0 Å². The van der Waals surface area contributed by atoms with E-state index in [1.54, 1.807) is 13.0 Å². The molecule has 0 saturated carbocycles. The van der Waals surface area contributed by atoms with Crippen LogP contribution in [0.25, 0.3) is 0 Å². The van der Waals surface area contributed by atoms with Crippen LogP contribution in [0.15, 0.2) is 58.3 Å². The maximum atomic E-state index is 11.8. The van der Waals surface area contributed by atoms with E-state index in [0.29, 0.717) is 18.8 Å². The molecule has 0 radical (unpaired) electrons. The van der Waals surface area contributed by atoms with E-state index in [1.165, 1.54) is 10.8 Å². The number of aryl methyl sites for hydroxylation is 1. The van der Waals surface area contributed by atoms with Crippen LogP contribution in [0.3, 0.4) is 0 Å². The van der Waals surface area contributed by atoms with E-state index in [-0.39, 0.29) is 11.7 Å². The number of hydrogen-bond donors (Lipinski definition) is 1. The van der Waals surface area contributed by atoms with Crippen molar-refractivity contribution in [1.82, 2.24) is 9.55 Å². The van der Waals surface area contributed by atoms with Crippen molar-refractivity contribution < 1.29 is 9.47 Å². The van der Waals surface area contributed by atoms with Gasteiger partial charge < -0.3 is 9.47 Å². The predicted molar refractivity (Wildman–Crippen MR) is 85.2 cm³/mol. The Balaban J connectivity index is 1.57. The zero-order chi connectivity index (χ0) is 16.2. The van der Waals surface area contributed by atoms with Gasteiger partial charge in [-0.1, -0.05) is 36.4 Å². The third-order valence-electron chi connectivity index (χ3n) is 3.62. The molecule has 1 aromatic carbocycles. The van der Waals surface area contributed by atoms with Gasteiger partial charge in [-0.2, -0.15) is 0 Å². The maximum absolute atomic E-state index is 11.8. The van der Waals surface area contributed by atoms with Crippen molar-refractivity contribution >= 4 is 0 Å². The zero-order valence-electron chi connectivity index (χ0n) is 12.8. The fourth-order valence-corrected chi connectivity index (χ4v) is 2.38. The van der Waals surface area contributed by atoms with E-state index >= 15 is 0 Å². The number of rotatable bonds is 5. The Morgan fingerprint density at radius 2 is 2.00 bits per heavy atom. The molecule has 3 rings (SSSR count). The number of aromatic amines is 1. The minimum Gasteiger partial charge on any atom is -0.374 e. The van der Waals surface area contributed by atoms with Crippen molar-refractivity contribution in [3.05, 3.63) is 80.6 Å². The van der Waals surface area contributed by atoms with E-state index in [2.05, 4.69) is 4.98 Å². The lowest BCUT2D eigenvalue weighted by Crippen LogP contribution is -2.33. The summed E-state index contributed by atoms with van der Waals surface area (Å²) in [6.07, 6.45) is 4.41. The van der Waals surface area contributed by atoms with Gasteiger partial charge in [0.2, 0.25) is 0 Å². The van der Waals surface area contributed by atoms with Gasteiger partial charge in [-0.25, -0.2) is 4.79 Å². The molecule has 6 heteroatoms. The second-order valence-electron chi connectivity index (χ2n) is 5.43. The molecule has 1 aromatic heterocycles. The molecule has 0 amide bonds. The number of hydrogen-bond acceptors (Lipinski definition) is 4. The highest BCUT2D eigenvalue weighted by Gasteiger charge is 2.22. The van der Waals surface area contributed by atoms with Gasteiger partial charge in [-0.05, 0) is 18.6 Å². The largest absolute Gasteiger partial charge is 0.374 e. The van der Waals surface area contributed by atoms with Crippen molar-refractivity contribution in [1.29, 1.82) is 0 Å². The summed E-state index contributed by atoms with van der Waals surface area (Å²) in [4.78, 5) is 25.5. The van der Waals surface area contributed by atoms with Gasteiger partial charge in [-0.15, -0.1) is 0 Å². The molecule has 0 unspecified atom stereocenters. The Hall–Kier alpha value is -2.44. The second-order valence-corrected chi connectivity index (χ2v) is 5.43. The van der Waals surface area contributed by atoms with Crippen LogP contribution in [0.4, 0.5) is 0 Å². The summed E-state index contributed by atoms with van der Waals surface area (Å²) < 4.78 is 12.8. The molecule has 0 fully saturated rings. The zero-order valence-corrected chi connectivity index (χ0v) is 12.8. The first-order valence-electron chi connectivity index (χ1n) is 7.41. The highest BCUT2D eigenvalue weighted by Crippen LogP contribution is 2.20. The molecule has 1 aliphatic heterocycles. The minimum atomic E-state index is -0.525. The number of nitrogens with one attached hydrogen (secondary N) is 1. The lowest BCUT2D eigenvalue weighted by Gasteiger charge is -2.16. The van der Waals surface area contributed by atoms with Crippen molar-refractivity contribution in [3.8, 4) is 0 Å². The van der Waals surface area contributed by atoms with E-state index in [0.717, 1.165) is 5.56 Å². The summed E-state index contributed by atoms with van der Waals surface area (Å²) >= 11 is 0. The van der Waals surface area contributed by atoms with Gasteiger partial charge in [-0.3, -0.25) is 14.3 Å². The van der Waals surface area contributed by atoms with Crippen LogP contribution in [0, 0.1) is 6.92 Å². The van der Waals surface area contributed by atoms with Gasteiger partial charge in [0.05, 0.1) is 13.2 Å². The van der Waals surface area contributed by atoms with Gasteiger partial charge in [0.15, 0.2) is 6.23 Å². The lowest BCUT2D eigenvalue weighted by atomic mass is 10.2. The summed E-state index contributed by atoms with van der Waals surface area (Å²) in [5.41, 5.74) is 0.695. The summed E-state index contributed by atoms with van der Waals surface area (Å²) in [6.45, 7) is 2.56. The predicted octanol–water partition coefficient (Wildman–Crippen LogP) is 1.52. The number of benzene rings is 1. The Morgan fingerprint density at radius 3 is 2.78 bits per heavy atom. The monoisotopic (exact) mass is 314 g/mol. The van der Waals surface area contributed by atoms with Crippen LogP contribution >= 0.6 is 0 Å². The first-order valence-corrected chi connectivity index (χ1v) is 7.41. The molecule has 2 heterocycles. The molecule has 120 valence electrons. The Morgan fingerprint density at radius 1 is 1.22 bits per heavy atom. The molecule has 2 aromatic rings. The second kappa shape index (κ2) is 6.76. The summed E-state index contributed by atoms with van der Waals surface area (Å²) in [7, 11) is 0.